The number of hydrogen-bond donors (Lipinski definition) is 3. The van der Waals surface area contributed by atoms with Crippen molar-refractivity contribution in [1.29, 1.82) is 5.41 Å². The van der Waals surface area contributed by atoms with Crippen LogP contribution in [0.25, 0.3) is 0 Å². The van der Waals surface area contributed by atoms with Crippen LogP contribution in [0.4, 0.5) is 0 Å². The summed E-state index contributed by atoms with van der Waals surface area (Å²) in [4.78, 5) is 11.1. The number of nitrogens with two attached hydrogens (primary N) is 1. The number of nitrogens with one attached hydrogen (secondary N) is 2. The second kappa shape index (κ2) is 6.90. The fourth-order valence-corrected chi connectivity index (χ4v) is 2.23. The van der Waals surface area contributed by atoms with Crippen LogP contribution in [0.1, 0.15) is 11.1 Å². The lowest BCUT2D eigenvalue weighted by Crippen LogP contribution is -2.19. The van der Waals surface area contributed by atoms with E-state index in [-0.39, 0.29) is 11.7 Å². The molecule has 1 aromatic carbocycles. The zero-order valence-electron chi connectivity index (χ0n) is 10.4. The van der Waals surface area contributed by atoms with Crippen LogP contribution < -0.4 is 15.8 Å². The Bertz CT molecular complexity index is 449. The highest BCUT2D eigenvalue weighted by molar-refractivity contribution is 7.99. The van der Waals surface area contributed by atoms with Gasteiger partial charge in [0, 0.05) is 12.8 Å². The molecular formula is C12H17N3O2S. The minimum atomic E-state index is -0.0172. The van der Waals surface area contributed by atoms with Crippen molar-refractivity contribution in [3.05, 3.63) is 29.3 Å². The van der Waals surface area contributed by atoms with Crippen molar-refractivity contribution in [2.75, 3.05) is 19.9 Å². The molecule has 0 heterocycles. The zero-order valence-corrected chi connectivity index (χ0v) is 11.3. The molecule has 0 aromatic heterocycles. The van der Waals surface area contributed by atoms with Gasteiger partial charge in [0.1, 0.15) is 11.6 Å². The van der Waals surface area contributed by atoms with Gasteiger partial charge in [-0.2, -0.15) is 0 Å². The first kappa shape index (κ1) is 14.4. The first-order valence-electron chi connectivity index (χ1n) is 5.38. The number of amides is 1. The number of nitrogen functional groups attached to an aromatic ring is 1. The number of amidine groups is 1. The fourth-order valence-electron chi connectivity index (χ4n) is 1.38. The van der Waals surface area contributed by atoms with E-state index >= 15 is 0 Å². The van der Waals surface area contributed by atoms with E-state index in [1.54, 1.807) is 20.2 Å². The highest BCUT2D eigenvalue weighted by Gasteiger charge is 2.07. The Balaban J connectivity index is 2.68. The molecule has 5 nitrogen and oxygen atoms in total. The Labute approximate surface area is 111 Å². The molecule has 1 aromatic rings. The maximum Gasteiger partial charge on any atom is 0.229 e. The molecule has 0 radical (unpaired) electrons. The third kappa shape index (κ3) is 3.96. The molecule has 1 rings (SSSR count). The largest absolute Gasteiger partial charge is 0.496 e. The molecule has 0 aliphatic rings. The topological polar surface area (TPSA) is 88.2 Å². The standard InChI is InChI=1S/C12H17N3O2S/c1-15-11(16)7-18-6-8-3-4-9(12(13)14)10(5-8)17-2/h3-5H,6-7H2,1-2H3,(H3,13,14)(H,15,16). The second-order valence-corrected chi connectivity index (χ2v) is 4.60. The highest BCUT2D eigenvalue weighted by Crippen LogP contribution is 2.22. The lowest BCUT2D eigenvalue weighted by Gasteiger charge is -2.09. The normalized spacial score (nSPS) is 9.89. The summed E-state index contributed by atoms with van der Waals surface area (Å²) in [5, 5.41) is 9.98. The van der Waals surface area contributed by atoms with E-state index in [1.807, 2.05) is 12.1 Å². The highest BCUT2D eigenvalue weighted by atomic mass is 32.2. The maximum absolute atomic E-state index is 11.1. The lowest BCUT2D eigenvalue weighted by atomic mass is 10.1. The van der Waals surface area contributed by atoms with Crippen LogP contribution in [0.2, 0.25) is 0 Å². The Morgan fingerprint density at radius 3 is 2.83 bits per heavy atom. The van der Waals surface area contributed by atoms with E-state index < -0.39 is 0 Å². The summed E-state index contributed by atoms with van der Waals surface area (Å²) in [5.41, 5.74) is 7.06. The van der Waals surface area contributed by atoms with Gasteiger partial charge in [-0.25, -0.2) is 0 Å². The number of carbonyl (C=O) groups excluding carboxylic acids is 1. The van der Waals surface area contributed by atoms with Crippen LogP contribution >= 0.6 is 11.8 Å². The van der Waals surface area contributed by atoms with Gasteiger partial charge < -0.3 is 15.8 Å². The number of ether oxygens (including phenoxy) is 1. The monoisotopic (exact) mass is 267 g/mol. The molecule has 1 amide bonds. The van der Waals surface area contributed by atoms with Crippen LogP contribution in [0, 0.1) is 5.41 Å². The summed E-state index contributed by atoms with van der Waals surface area (Å²) in [5.74, 6) is 1.71. The fraction of sp³-hybridized carbons (Fsp3) is 0.333. The van der Waals surface area contributed by atoms with Crippen LogP contribution in [-0.4, -0.2) is 31.7 Å². The molecule has 0 fully saturated rings. The number of thioether (sulfide) groups is 1. The average Bonchev–Trinajstić information content (AvgIpc) is 2.37. The van der Waals surface area contributed by atoms with Crippen molar-refractivity contribution in [1.82, 2.24) is 5.32 Å². The first-order chi connectivity index (χ1) is 8.58. The van der Waals surface area contributed by atoms with Crippen molar-refractivity contribution in [2.24, 2.45) is 5.73 Å². The quantitative estimate of drug-likeness (QED) is 0.529. The molecule has 0 spiro atoms. The summed E-state index contributed by atoms with van der Waals surface area (Å²) in [6.45, 7) is 0. The molecule has 0 atom stereocenters. The van der Waals surface area contributed by atoms with Crippen LogP contribution in [0.3, 0.4) is 0 Å². The predicted molar refractivity (Wildman–Crippen MR) is 74.2 cm³/mol. The van der Waals surface area contributed by atoms with Crippen LogP contribution in [-0.2, 0) is 10.5 Å². The Morgan fingerprint density at radius 1 is 1.56 bits per heavy atom. The van der Waals surface area contributed by atoms with Gasteiger partial charge in [0.25, 0.3) is 0 Å². The van der Waals surface area contributed by atoms with E-state index in [1.165, 1.54) is 11.8 Å². The van der Waals surface area contributed by atoms with Gasteiger partial charge in [-0.1, -0.05) is 6.07 Å². The molecule has 0 bridgehead atoms. The lowest BCUT2D eigenvalue weighted by molar-refractivity contribution is -0.118. The SMILES string of the molecule is CNC(=O)CSCc1ccc(C(=N)N)c(OC)c1. The minimum absolute atomic E-state index is 0.00678. The Morgan fingerprint density at radius 2 is 2.28 bits per heavy atom. The molecule has 0 unspecified atom stereocenters. The number of hydrogen-bond acceptors (Lipinski definition) is 4. The molecular weight excluding hydrogens is 250 g/mol. The van der Waals surface area contributed by atoms with E-state index in [0.717, 1.165) is 5.56 Å². The molecule has 0 aliphatic heterocycles. The van der Waals surface area contributed by atoms with Crippen LogP contribution in [0.5, 0.6) is 5.75 Å². The van der Waals surface area contributed by atoms with Crippen LogP contribution in [0.15, 0.2) is 18.2 Å². The molecule has 18 heavy (non-hydrogen) atoms. The summed E-state index contributed by atoms with van der Waals surface area (Å²) in [6.07, 6.45) is 0. The van der Waals surface area contributed by atoms with Gasteiger partial charge in [0.05, 0.1) is 18.4 Å². The zero-order chi connectivity index (χ0) is 13.5. The van der Waals surface area contributed by atoms with E-state index in [2.05, 4.69) is 5.32 Å². The molecule has 0 aliphatic carbocycles. The van der Waals surface area contributed by atoms with Gasteiger partial charge in [0.2, 0.25) is 5.91 Å². The second-order valence-electron chi connectivity index (χ2n) is 3.61. The van der Waals surface area contributed by atoms with Crippen molar-refractivity contribution < 1.29 is 9.53 Å². The molecule has 0 saturated heterocycles. The van der Waals surface area contributed by atoms with Crippen molar-refractivity contribution in [2.45, 2.75) is 5.75 Å². The summed E-state index contributed by atoms with van der Waals surface area (Å²) in [6, 6.07) is 5.49. The number of methoxy groups -OCH3 is 1. The van der Waals surface area contributed by atoms with Gasteiger partial charge in [0.15, 0.2) is 0 Å². The smallest absolute Gasteiger partial charge is 0.229 e. The summed E-state index contributed by atoms with van der Waals surface area (Å²) in [7, 11) is 3.16. The number of benzene rings is 1. The number of rotatable bonds is 6. The number of carbonyl (C=O) groups is 1. The van der Waals surface area contributed by atoms with E-state index in [0.29, 0.717) is 22.8 Å². The van der Waals surface area contributed by atoms with Gasteiger partial charge in [-0.15, -0.1) is 11.8 Å². The van der Waals surface area contributed by atoms with E-state index in [9.17, 15) is 4.79 Å². The molecule has 98 valence electrons. The molecule has 0 saturated carbocycles. The van der Waals surface area contributed by atoms with Gasteiger partial charge >= 0.3 is 0 Å². The third-order valence-corrected chi connectivity index (χ3v) is 3.34. The van der Waals surface area contributed by atoms with Crippen molar-refractivity contribution in [3.63, 3.8) is 0 Å². The minimum Gasteiger partial charge on any atom is -0.496 e. The Kier molecular flexibility index (Phi) is 5.51. The molecule has 6 heteroatoms. The average molecular weight is 267 g/mol. The first-order valence-corrected chi connectivity index (χ1v) is 6.53. The predicted octanol–water partition coefficient (Wildman–Crippen LogP) is 0.958. The summed E-state index contributed by atoms with van der Waals surface area (Å²) >= 11 is 1.52. The third-order valence-electron chi connectivity index (χ3n) is 2.34. The Hall–Kier alpha value is -1.69. The van der Waals surface area contributed by atoms with Crippen molar-refractivity contribution in [3.8, 4) is 5.75 Å². The van der Waals surface area contributed by atoms with E-state index in [4.69, 9.17) is 15.9 Å². The van der Waals surface area contributed by atoms with Gasteiger partial charge in [-0.05, 0) is 17.7 Å². The summed E-state index contributed by atoms with van der Waals surface area (Å²) < 4.78 is 5.19. The maximum atomic E-state index is 11.1. The molecule has 4 N–H and O–H groups in total. The van der Waals surface area contributed by atoms with Gasteiger partial charge in [-0.3, -0.25) is 10.2 Å². The van der Waals surface area contributed by atoms with Crippen molar-refractivity contribution >= 4 is 23.5 Å².